The van der Waals surface area contributed by atoms with E-state index in [1.54, 1.807) is 0 Å². The second-order valence-electron chi connectivity index (χ2n) is 5.12. The molecule has 1 saturated carbocycles. The van der Waals surface area contributed by atoms with Crippen LogP contribution < -0.4 is 15.2 Å². The molecule has 1 heterocycles. The van der Waals surface area contributed by atoms with E-state index in [0.29, 0.717) is 11.8 Å². The molecule has 0 aromatic carbocycles. The van der Waals surface area contributed by atoms with Gasteiger partial charge in [0, 0.05) is 0 Å². The van der Waals surface area contributed by atoms with Gasteiger partial charge >= 0.3 is 12.0 Å². The number of hydrogen-bond donors (Lipinski definition) is 1. The number of nitrogens with zero attached hydrogens (tertiary/aromatic N) is 3. The topological polar surface area (TPSA) is 83.2 Å². The molecule has 1 aromatic heterocycles. The summed E-state index contributed by atoms with van der Waals surface area (Å²) >= 11 is 0. The van der Waals surface area contributed by atoms with Crippen molar-refractivity contribution in [1.82, 2.24) is 15.0 Å². The minimum atomic E-state index is 0.119. The van der Waals surface area contributed by atoms with Crippen molar-refractivity contribution in [2.75, 3.05) is 12.8 Å². The highest BCUT2D eigenvalue weighted by Gasteiger charge is 2.26. The van der Waals surface area contributed by atoms with E-state index < -0.39 is 0 Å². The molecule has 2 rings (SSSR count). The van der Waals surface area contributed by atoms with Gasteiger partial charge in [0.05, 0.1) is 7.11 Å². The third-order valence-electron chi connectivity index (χ3n) is 3.20. The fourth-order valence-corrected chi connectivity index (χ4v) is 2.62. The monoisotopic (exact) mass is 252 g/mol. The third kappa shape index (κ3) is 3.21. The molecule has 6 heteroatoms. The Morgan fingerprint density at radius 2 is 1.61 bits per heavy atom. The zero-order chi connectivity index (χ0) is 13.1. The van der Waals surface area contributed by atoms with Gasteiger partial charge in [-0.05, 0) is 31.1 Å². The summed E-state index contributed by atoms with van der Waals surface area (Å²) < 4.78 is 10.7. The van der Waals surface area contributed by atoms with Crippen molar-refractivity contribution in [3.8, 4) is 12.0 Å². The number of anilines is 1. The van der Waals surface area contributed by atoms with Gasteiger partial charge in [-0.2, -0.15) is 9.97 Å². The zero-order valence-corrected chi connectivity index (χ0v) is 11.1. The molecule has 100 valence electrons. The van der Waals surface area contributed by atoms with E-state index in [2.05, 4.69) is 28.8 Å². The Hall–Kier alpha value is -1.59. The van der Waals surface area contributed by atoms with E-state index in [-0.39, 0.29) is 24.1 Å². The SMILES string of the molecule is COc1nc(N)nc(OC2CC(C)CC(C)C2)n1. The lowest BCUT2D eigenvalue weighted by Gasteiger charge is -2.30. The Morgan fingerprint density at radius 3 is 2.22 bits per heavy atom. The van der Waals surface area contributed by atoms with Gasteiger partial charge in [-0.3, -0.25) is 0 Å². The molecule has 1 aliphatic carbocycles. The quantitative estimate of drug-likeness (QED) is 0.881. The molecule has 0 amide bonds. The smallest absolute Gasteiger partial charge is 0.324 e. The van der Waals surface area contributed by atoms with Gasteiger partial charge in [-0.25, -0.2) is 0 Å². The summed E-state index contributed by atoms with van der Waals surface area (Å²) in [5.74, 6) is 1.45. The van der Waals surface area contributed by atoms with Gasteiger partial charge in [0.2, 0.25) is 5.95 Å². The maximum atomic E-state index is 5.80. The summed E-state index contributed by atoms with van der Waals surface area (Å²) in [5, 5.41) is 0. The third-order valence-corrected chi connectivity index (χ3v) is 3.20. The highest BCUT2D eigenvalue weighted by Crippen LogP contribution is 2.30. The average molecular weight is 252 g/mol. The largest absolute Gasteiger partial charge is 0.467 e. The molecule has 0 spiro atoms. The predicted molar refractivity (Wildman–Crippen MR) is 67.4 cm³/mol. The Kier molecular flexibility index (Phi) is 3.84. The van der Waals surface area contributed by atoms with Crippen LogP contribution in [0.4, 0.5) is 5.95 Å². The van der Waals surface area contributed by atoms with Crippen molar-refractivity contribution in [3.63, 3.8) is 0 Å². The number of rotatable bonds is 3. The molecule has 0 saturated heterocycles. The van der Waals surface area contributed by atoms with Crippen LogP contribution in [0.3, 0.4) is 0 Å². The summed E-state index contributed by atoms with van der Waals surface area (Å²) in [6.45, 7) is 4.49. The van der Waals surface area contributed by atoms with Crippen molar-refractivity contribution in [3.05, 3.63) is 0 Å². The fraction of sp³-hybridized carbons (Fsp3) is 0.750. The van der Waals surface area contributed by atoms with Crippen LogP contribution in [0.5, 0.6) is 12.0 Å². The van der Waals surface area contributed by atoms with Crippen molar-refractivity contribution < 1.29 is 9.47 Å². The summed E-state index contributed by atoms with van der Waals surface area (Å²) in [4.78, 5) is 11.9. The van der Waals surface area contributed by atoms with Gasteiger partial charge in [0.25, 0.3) is 0 Å². The fourth-order valence-electron chi connectivity index (χ4n) is 2.62. The predicted octanol–water partition coefficient (Wildman–Crippen LogP) is 1.67. The maximum absolute atomic E-state index is 5.80. The van der Waals surface area contributed by atoms with E-state index in [1.807, 2.05) is 0 Å². The first-order chi connectivity index (χ1) is 8.56. The first-order valence-electron chi connectivity index (χ1n) is 6.29. The minimum absolute atomic E-state index is 0.119. The van der Waals surface area contributed by atoms with E-state index >= 15 is 0 Å². The molecule has 6 nitrogen and oxygen atoms in total. The van der Waals surface area contributed by atoms with Crippen LogP contribution in [0.15, 0.2) is 0 Å². The highest BCUT2D eigenvalue weighted by atomic mass is 16.5. The van der Waals surface area contributed by atoms with Crippen LogP contribution in [-0.4, -0.2) is 28.2 Å². The van der Waals surface area contributed by atoms with Gasteiger partial charge in [-0.1, -0.05) is 13.8 Å². The highest BCUT2D eigenvalue weighted by molar-refractivity contribution is 5.20. The van der Waals surface area contributed by atoms with Crippen molar-refractivity contribution >= 4 is 5.95 Å². The maximum Gasteiger partial charge on any atom is 0.324 e. The van der Waals surface area contributed by atoms with Crippen molar-refractivity contribution in [2.45, 2.75) is 39.2 Å². The van der Waals surface area contributed by atoms with Crippen LogP contribution in [0.2, 0.25) is 0 Å². The molecule has 2 unspecified atom stereocenters. The van der Waals surface area contributed by atoms with E-state index in [9.17, 15) is 0 Å². The lowest BCUT2D eigenvalue weighted by molar-refractivity contribution is 0.0910. The Labute approximate surface area is 107 Å². The molecule has 2 atom stereocenters. The molecular weight excluding hydrogens is 232 g/mol. The number of hydrogen-bond acceptors (Lipinski definition) is 6. The number of methoxy groups -OCH3 is 1. The Morgan fingerprint density at radius 1 is 1.00 bits per heavy atom. The van der Waals surface area contributed by atoms with Crippen LogP contribution in [0.1, 0.15) is 33.1 Å². The summed E-state index contributed by atoms with van der Waals surface area (Å²) in [5.41, 5.74) is 5.57. The first-order valence-corrected chi connectivity index (χ1v) is 6.29. The van der Waals surface area contributed by atoms with E-state index in [4.69, 9.17) is 15.2 Å². The second kappa shape index (κ2) is 5.37. The van der Waals surface area contributed by atoms with Gasteiger partial charge in [0.1, 0.15) is 6.10 Å². The van der Waals surface area contributed by atoms with Crippen LogP contribution in [-0.2, 0) is 0 Å². The van der Waals surface area contributed by atoms with Gasteiger partial charge in [0.15, 0.2) is 0 Å². The Balaban J connectivity index is 2.06. The molecule has 2 N–H and O–H groups in total. The van der Waals surface area contributed by atoms with Crippen LogP contribution in [0, 0.1) is 11.8 Å². The first kappa shape index (κ1) is 12.9. The number of aromatic nitrogens is 3. The van der Waals surface area contributed by atoms with Crippen LogP contribution >= 0.6 is 0 Å². The number of nitrogen functional groups attached to an aromatic ring is 1. The van der Waals surface area contributed by atoms with Gasteiger partial charge < -0.3 is 15.2 Å². The Bertz CT molecular complexity index is 403. The lowest BCUT2D eigenvalue weighted by Crippen LogP contribution is -2.29. The lowest BCUT2D eigenvalue weighted by atomic mass is 9.82. The number of nitrogens with two attached hydrogens (primary N) is 1. The van der Waals surface area contributed by atoms with E-state index in [0.717, 1.165) is 12.8 Å². The normalized spacial score (nSPS) is 27.8. The average Bonchev–Trinajstić information content (AvgIpc) is 2.26. The molecule has 1 aromatic rings. The van der Waals surface area contributed by atoms with Crippen molar-refractivity contribution in [1.29, 1.82) is 0 Å². The molecular formula is C12H20N4O2. The molecule has 0 bridgehead atoms. The molecule has 1 aliphatic rings. The standard InChI is InChI=1S/C12H20N4O2/c1-7-4-8(2)6-9(5-7)18-12-15-10(13)14-11(16-12)17-3/h7-9H,4-6H2,1-3H3,(H2,13,14,15,16). The summed E-state index contributed by atoms with van der Waals surface area (Å²) in [6, 6.07) is 0.444. The molecule has 1 fully saturated rings. The molecule has 0 radical (unpaired) electrons. The summed E-state index contributed by atoms with van der Waals surface area (Å²) in [6.07, 6.45) is 3.45. The molecule has 0 aliphatic heterocycles. The minimum Gasteiger partial charge on any atom is -0.467 e. The number of ether oxygens (including phenoxy) is 2. The summed E-state index contributed by atoms with van der Waals surface area (Å²) in [7, 11) is 1.49. The second-order valence-corrected chi connectivity index (χ2v) is 5.12. The van der Waals surface area contributed by atoms with Gasteiger partial charge in [-0.15, -0.1) is 4.98 Å². The van der Waals surface area contributed by atoms with Crippen LogP contribution in [0.25, 0.3) is 0 Å². The van der Waals surface area contributed by atoms with E-state index in [1.165, 1.54) is 13.5 Å². The molecule has 18 heavy (non-hydrogen) atoms. The van der Waals surface area contributed by atoms with Crippen molar-refractivity contribution in [2.24, 2.45) is 11.8 Å². The zero-order valence-electron chi connectivity index (χ0n) is 11.1.